The number of methoxy groups -OCH3 is 1. The van der Waals surface area contributed by atoms with Crippen molar-refractivity contribution in [2.45, 2.75) is 45.4 Å². The van der Waals surface area contributed by atoms with Gasteiger partial charge in [-0.2, -0.15) is 0 Å². The van der Waals surface area contributed by atoms with Crippen LogP contribution in [0.25, 0.3) is 0 Å². The molecular formula is C16H23NOS2. The minimum absolute atomic E-state index is 0.853. The van der Waals surface area contributed by atoms with Crippen molar-refractivity contribution >= 4 is 22.7 Å². The highest BCUT2D eigenvalue weighted by molar-refractivity contribution is 7.10. The summed E-state index contributed by atoms with van der Waals surface area (Å²) in [5.41, 5.74) is 2.71. The number of hydrogen-bond donors (Lipinski definition) is 0. The fourth-order valence-corrected chi connectivity index (χ4v) is 4.05. The van der Waals surface area contributed by atoms with E-state index in [-0.39, 0.29) is 0 Å². The van der Waals surface area contributed by atoms with Crippen LogP contribution in [-0.2, 0) is 30.4 Å². The highest BCUT2D eigenvalue weighted by atomic mass is 32.1. The van der Waals surface area contributed by atoms with Gasteiger partial charge in [-0.3, -0.25) is 0 Å². The van der Waals surface area contributed by atoms with Crippen molar-refractivity contribution in [3.63, 3.8) is 0 Å². The van der Waals surface area contributed by atoms with E-state index in [1.54, 1.807) is 18.4 Å². The summed E-state index contributed by atoms with van der Waals surface area (Å²) < 4.78 is 5.10. The lowest BCUT2D eigenvalue weighted by Gasteiger charge is -1.97. The number of thiazole rings is 1. The zero-order valence-corrected chi connectivity index (χ0v) is 14.0. The highest BCUT2D eigenvalue weighted by Gasteiger charge is 2.04. The Morgan fingerprint density at radius 1 is 1.10 bits per heavy atom. The fraction of sp³-hybridized carbons (Fsp3) is 0.562. The molecule has 0 atom stereocenters. The van der Waals surface area contributed by atoms with Crippen LogP contribution in [0.5, 0.6) is 0 Å². The molecule has 0 radical (unpaired) electrons. The Morgan fingerprint density at radius 3 is 2.80 bits per heavy atom. The van der Waals surface area contributed by atoms with Crippen molar-refractivity contribution in [1.82, 2.24) is 4.98 Å². The molecule has 0 aliphatic rings. The Bertz CT molecular complexity index is 504. The quantitative estimate of drug-likeness (QED) is 0.635. The highest BCUT2D eigenvalue weighted by Crippen LogP contribution is 2.19. The monoisotopic (exact) mass is 309 g/mol. The molecule has 4 heteroatoms. The maximum absolute atomic E-state index is 5.10. The van der Waals surface area contributed by atoms with Gasteiger partial charge in [-0.15, -0.1) is 22.7 Å². The van der Waals surface area contributed by atoms with Crippen LogP contribution in [0.3, 0.4) is 0 Å². The average molecular weight is 309 g/mol. The van der Waals surface area contributed by atoms with Gasteiger partial charge in [0, 0.05) is 24.0 Å². The maximum Gasteiger partial charge on any atom is 0.0928 e. The lowest BCUT2D eigenvalue weighted by atomic mass is 10.1. The van der Waals surface area contributed by atoms with Gasteiger partial charge in [-0.05, 0) is 55.5 Å². The van der Waals surface area contributed by atoms with Gasteiger partial charge in [0.05, 0.1) is 10.7 Å². The Morgan fingerprint density at radius 2 is 2.00 bits per heavy atom. The molecule has 0 spiro atoms. The predicted molar refractivity (Wildman–Crippen MR) is 88.0 cm³/mol. The second kappa shape index (κ2) is 8.55. The first-order valence-corrected chi connectivity index (χ1v) is 9.06. The number of hydrogen-bond acceptors (Lipinski definition) is 4. The van der Waals surface area contributed by atoms with Crippen LogP contribution < -0.4 is 0 Å². The zero-order chi connectivity index (χ0) is 14.2. The van der Waals surface area contributed by atoms with Crippen LogP contribution in [0.1, 0.15) is 40.9 Å². The van der Waals surface area contributed by atoms with Crippen LogP contribution in [0.15, 0.2) is 16.8 Å². The number of rotatable bonds is 9. The summed E-state index contributed by atoms with van der Waals surface area (Å²) in [7, 11) is 1.76. The van der Waals surface area contributed by atoms with Gasteiger partial charge in [-0.25, -0.2) is 4.98 Å². The van der Waals surface area contributed by atoms with E-state index in [9.17, 15) is 0 Å². The van der Waals surface area contributed by atoms with E-state index in [0.717, 1.165) is 38.7 Å². The third kappa shape index (κ3) is 5.00. The molecule has 2 heterocycles. The third-order valence-electron chi connectivity index (χ3n) is 3.21. The predicted octanol–water partition coefficient (Wildman–Crippen LogP) is 4.52. The Hall–Kier alpha value is -0.710. The van der Waals surface area contributed by atoms with Crippen LogP contribution in [-0.4, -0.2) is 18.7 Å². The van der Waals surface area contributed by atoms with Crippen LogP contribution >= 0.6 is 22.7 Å². The van der Waals surface area contributed by atoms with E-state index in [1.165, 1.54) is 27.6 Å². The summed E-state index contributed by atoms with van der Waals surface area (Å²) in [4.78, 5) is 6.16. The first-order chi connectivity index (χ1) is 9.81. The average Bonchev–Trinajstić information content (AvgIpc) is 3.07. The molecule has 2 rings (SSSR count). The standard InChI is InChI=1S/C16H23NOS2/c1-3-5-16-17-14(12-20-16)8-7-13-10-15(19-11-13)6-4-9-18-2/h10-12H,3-9H2,1-2H3. The summed E-state index contributed by atoms with van der Waals surface area (Å²) in [5, 5.41) is 5.80. The number of ether oxygens (including phenoxy) is 1. The fourth-order valence-electron chi connectivity index (χ4n) is 2.14. The van der Waals surface area contributed by atoms with Crippen molar-refractivity contribution in [2.24, 2.45) is 0 Å². The van der Waals surface area contributed by atoms with Crippen LogP contribution in [0, 0.1) is 0 Å². The molecule has 0 fully saturated rings. The summed E-state index contributed by atoms with van der Waals surface area (Å²) in [6, 6.07) is 2.35. The second-order valence-electron chi connectivity index (χ2n) is 5.00. The van der Waals surface area contributed by atoms with E-state index in [2.05, 4.69) is 28.7 Å². The second-order valence-corrected chi connectivity index (χ2v) is 6.94. The van der Waals surface area contributed by atoms with Gasteiger partial charge in [-0.1, -0.05) is 6.92 Å². The van der Waals surface area contributed by atoms with E-state index in [4.69, 9.17) is 4.74 Å². The van der Waals surface area contributed by atoms with E-state index >= 15 is 0 Å². The van der Waals surface area contributed by atoms with Crippen LogP contribution in [0.2, 0.25) is 0 Å². The minimum Gasteiger partial charge on any atom is -0.385 e. The molecule has 0 aliphatic heterocycles. The van der Waals surface area contributed by atoms with Crippen LogP contribution in [0.4, 0.5) is 0 Å². The van der Waals surface area contributed by atoms with Gasteiger partial charge in [0.25, 0.3) is 0 Å². The first-order valence-electron chi connectivity index (χ1n) is 7.30. The smallest absolute Gasteiger partial charge is 0.0928 e. The molecule has 0 saturated heterocycles. The minimum atomic E-state index is 0.853. The molecule has 2 aromatic rings. The SMILES string of the molecule is CCCc1nc(CCc2csc(CCCOC)c2)cs1. The number of aromatic nitrogens is 1. The maximum atomic E-state index is 5.10. The largest absolute Gasteiger partial charge is 0.385 e. The molecule has 0 N–H and O–H groups in total. The van der Waals surface area contributed by atoms with Crippen molar-refractivity contribution < 1.29 is 4.74 Å². The molecule has 0 bridgehead atoms. The van der Waals surface area contributed by atoms with E-state index in [0.29, 0.717) is 0 Å². The molecule has 0 unspecified atom stereocenters. The molecule has 20 heavy (non-hydrogen) atoms. The van der Waals surface area contributed by atoms with E-state index in [1.807, 2.05) is 11.3 Å². The zero-order valence-electron chi connectivity index (χ0n) is 12.4. The molecule has 0 aliphatic carbocycles. The Kier molecular flexibility index (Phi) is 6.70. The van der Waals surface area contributed by atoms with Crippen molar-refractivity contribution in [3.05, 3.63) is 38.0 Å². The molecule has 2 aromatic heterocycles. The summed E-state index contributed by atoms with van der Waals surface area (Å²) in [5.74, 6) is 0. The number of nitrogens with zero attached hydrogens (tertiary/aromatic N) is 1. The summed E-state index contributed by atoms with van der Waals surface area (Å²) in [6.07, 6.45) is 6.72. The summed E-state index contributed by atoms with van der Waals surface area (Å²) in [6.45, 7) is 3.06. The van der Waals surface area contributed by atoms with Crippen molar-refractivity contribution in [1.29, 1.82) is 0 Å². The van der Waals surface area contributed by atoms with Gasteiger partial charge in [0.15, 0.2) is 0 Å². The van der Waals surface area contributed by atoms with Crippen molar-refractivity contribution in [3.8, 4) is 0 Å². The Balaban J connectivity index is 1.78. The molecular weight excluding hydrogens is 286 g/mol. The van der Waals surface area contributed by atoms with Gasteiger partial charge in [0.2, 0.25) is 0 Å². The molecule has 0 amide bonds. The van der Waals surface area contributed by atoms with E-state index < -0.39 is 0 Å². The topological polar surface area (TPSA) is 22.1 Å². The number of thiophene rings is 1. The van der Waals surface area contributed by atoms with Gasteiger partial charge >= 0.3 is 0 Å². The molecule has 0 aromatic carbocycles. The summed E-state index contributed by atoms with van der Waals surface area (Å²) >= 11 is 3.68. The number of aryl methyl sites for hydroxylation is 4. The third-order valence-corrected chi connectivity index (χ3v) is 5.22. The van der Waals surface area contributed by atoms with Gasteiger partial charge < -0.3 is 4.74 Å². The first kappa shape index (κ1) is 15.7. The van der Waals surface area contributed by atoms with Gasteiger partial charge in [0.1, 0.15) is 0 Å². The molecule has 110 valence electrons. The van der Waals surface area contributed by atoms with Crippen molar-refractivity contribution in [2.75, 3.05) is 13.7 Å². The molecule has 0 saturated carbocycles. The Labute approximate surface area is 129 Å². The lowest BCUT2D eigenvalue weighted by molar-refractivity contribution is 0.195. The lowest BCUT2D eigenvalue weighted by Crippen LogP contribution is -1.92. The normalized spacial score (nSPS) is 11.1. The molecule has 2 nitrogen and oxygen atoms in total.